The lowest BCUT2D eigenvalue weighted by molar-refractivity contribution is 0.667. The molecule has 0 N–H and O–H groups in total. The van der Waals surface area contributed by atoms with E-state index in [4.69, 9.17) is 0 Å². The Morgan fingerprint density at radius 2 is 0.488 bits per heavy atom. The van der Waals surface area contributed by atoms with Crippen molar-refractivity contribution in [3.63, 3.8) is 0 Å². The van der Waals surface area contributed by atoms with Gasteiger partial charge in [-0.15, -0.1) is 0 Å². The SMILES string of the molecule is CCCCCCc1cc2c3c(c1)c(=C1c4ccccc4Sc4ccccc41)c1cc(CCCCCC)cc4c1N3c1c(cc(CCCCCC)cc1c4=C1c3ccccc3Sc3ccccc31)c2=C1c2ccccc2Sc2ccccc21. The maximum absolute atomic E-state index is 2.85. The molecule has 0 bridgehead atoms. The van der Waals surface area contributed by atoms with E-state index in [-0.39, 0.29) is 0 Å². The minimum atomic E-state index is 1.04. The fourth-order valence-electron chi connectivity index (χ4n) is 14.4. The summed E-state index contributed by atoms with van der Waals surface area (Å²) in [7, 11) is 0. The van der Waals surface area contributed by atoms with Crippen LogP contribution in [0.5, 0.6) is 0 Å². The molecule has 6 aliphatic heterocycles. The van der Waals surface area contributed by atoms with Crippen molar-refractivity contribution in [1.29, 1.82) is 0 Å². The number of aryl methyl sites for hydroxylation is 3. The van der Waals surface area contributed by atoms with Crippen LogP contribution in [0.4, 0.5) is 17.1 Å². The van der Waals surface area contributed by atoms with Crippen LogP contribution in [0.15, 0.2) is 211 Å². The Morgan fingerprint density at radius 3 is 0.707 bits per heavy atom. The Balaban J connectivity index is 1.27. The van der Waals surface area contributed by atoms with Gasteiger partial charge in [-0.25, -0.2) is 0 Å². The van der Waals surface area contributed by atoms with Crippen LogP contribution in [0, 0.1) is 0 Å². The molecule has 9 aromatic rings. The molecular formula is C78H69NS3. The average molecular weight is 1120 g/mol. The van der Waals surface area contributed by atoms with Gasteiger partial charge in [0.05, 0.1) is 17.1 Å². The third-order valence-electron chi connectivity index (χ3n) is 18.1. The van der Waals surface area contributed by atoms with Gasteiger partial charge in [-0.3, -0.25) is 0 Å². The van der Waals surface area contributed by atoms with E-state index in [1.807, 2.05) is 35.3 Å². The van der Waals surface area contributed by atoms with Gasteiger partial charge in [0.1, 0.15) is 0 Å². The second kappa shape index (κ2) is 22.0. The molecule has 0 aromatic heterocycles. The molecule has 6 heterocycles. The number of unbranched alkanes of at least 4 members (excludes halogenated alkanes) is 9. The smallest absolute Gasteiger partial charge is 0.0620 e. The average Bonchev–Trinajstić information content (AvgIpc) is 1.02. The molecule has 1 nitrogen and oxygen atoms in total. The Morgan fingerprint density at radius 1 is 0.268 bits per heavy atom. The fourth-order valence-corrected chi connectivity index (χ4v) is 17.7. The largest absolute Gasteiger partial charge is 0.307 e. The molecule has 0 aliphatic carbocycles. The van der Waals surface area contributed by atoms with E-state index in [1.165, 1.54) is 238 Å². The molecule has 15 rings (SSSR count). The molecule has 0 atom stereocenters. The van der Waals surface area contributed by atoms with E-state index in [2.05, 4.69) is 208 Å². The summed E-state index contributed by atoms with van der Waals surface area (Å²) < 4.78 is 0. The van der Waals surface area contributed by atoms with E-state index in [1.54, 1.807) is 0 Å². The van der Waals surface area contributed by atoms with Crippen LogP contribution in [0.3, 0.4) is 0 Å². The zero-order valence-corrected chi connectivity index (χ0v) is 50.0. The van der Waals surface area contributed by atoms with Crippen molar-refractivity contribution in [2.75, 3.05) is 4.90 Å². The van der Waals surface area contributed by atoms with Gasteiger partial charge in [0, 0.05) is 77.3 Å². The second-order valence-corrected chi connectivity index (χ2v) is 26.7. The van der Waals surface area contributed by atoms with Gasteiger partial charge in [0.15, 0.2) is 0 Å². The summed E-state index contributed by atoms with van der Waals surface area (Å²) >= 11 is 5.79. The maximum atomic E-state index is 2.85. The number of rotatable bonds is 15. The summed E-state index contributed by atoms with van der Waals surface area (Å²) in [5.74, 6) is 0. The lowest BCUT2D eigenvalue weighted by Crippen LogP contribution is -2.33. The monoisotopic (exact) mass is 1120 g/mol. The summed E-state index contributed by atoms with van der Waals surface area (Å²) in [5, 5.41) is 12.3. The van der Waals surface area contributed by atoms with Gasteiger partial charge < -0.3 is 4.90 Å². The van der Waals surface area contributed by atoms with E-state index < -0.39 is 0 Å². The molecule has 0 unspecified atom stereocenters. The molecule has 0 radical (unpaired) electrons. The molecule has 0 saturated carbocycles. The third-order valence-corrected chi connectivity index (χ3v) is 21.6. The first-order valence-electron chi connectivity index (χ1n) is 30.8. The van der Waals surface area contributed by atoms with Gasteiger partial charge in [-0.1, -0.05) is 223 Å². The van der Waals surface area contributed by atoms with Crippen molar-refractivity contribution in [2.45, 2.75) is 146 Å². The van der Waals surface area contributed by atoms with Crippen molar-refractivity contribution in [3.8, 4) is 0 Å². The zero-order chi connectivity index (χ0) is 54.8. The van der Waals surface area contributed by atoms with Crippen molar-refractivity contribution in [2.24, 2.45) is 0 Å². The van der Waals surface area contributed by atoms with Gasteiger partial charge >= 0.3 is 0 Å². The first-order valence-corrected chi connectivity index (χ1v) is 33.2. The normalized spacial score (nSPS) is 13.8. The van der Waals surface area contributed by atoms with Crippen molar-refractivity contribution in [1.82, 2.24) is 0 Å². The summed E-state index contributed by atoms with van der Waals surface area (Å²) in [6.07, 6.45) is 17.7. The van der Waals surface area contributed by atoms with Crippen LogP contribution in [-0.2, 0) is 19.3 Å². The number of benzene rings is 9. The minimum Gasteiger partial charge on any atom is -0.307 e. The van der Waals surface area contributed by atoms with E-state index >= 15 is 0 Å². The van der Waals surface area contributed by atoms with E-state index in [0.29, 0.717) is 0 Å². The molecule has 82 heavy (non-hydrogen) atoms. The van der Waals surface area contributed by atoms with Crippen LogP contribution >= 0.6 is 35.3 Å². The predicted molar refractivity (Wildman–Crippen MR) is 352 cm³/mol. The molecule has 0 saturated heterocycles. The van der Waals surface area contributed by atoms with Gasteiger partial charge in [-0.2, -0.15) is 0 Å². The lowest BCUT2D eigenvalue weighted by atomic mass is 9.80. The van der Waals surface area contributed by atoms with Gasteiger partial charge in [-0.05, 0) is 178 Å². The zero-order valence-electron chi connectivity index (χ0n) is 47.6. The third kappa shape index (κ3) is 8.68. The van der Waals surface area contributed by atoms with Gasteiger partial charge in [0.25, 0.3) is 0 Å². The molecular weight excluding hydrogens is 1050 g/mol. The fraction of sp³-hybridized carbons (Fsp3) is 0.231. The number of nitrogens with zero attached hydrogens (tertiary/aromatic N) is 1. The van der Waals surface area contributed by atoms with E-state index in [9.17, 15) is 0 Å². The molecule has 4 heteroatoms. The molecule has 0 spiro atoms. The van der Waals surface area contributed by atoms with Crippen molar-refractivity contribution in [3.05, 3.63) is 248 Å². The summed E-state index contributed by atoms with van der Waals surface area (Å²) in [6.45, 7) is 7.03. The van der Waals surface area contributed by atoms with Crippen LogP contribution in [0.25, 0.3) is 49.0 Å². The first-order chi connectivity index (χ1) is 40.6. The number of hydrogen-bond acceptors (Lipinski definition) is 4. The highest BCUT2D eigenvalue weighted by Crippen LogP contribution is 2.55. The maximum Gasteiger partial charge on any atom is 0.0620 e. The van der Waals surface area contributed by atoms with Crippen LogP contribution in [0.1, 0.15) is 148 Å². The quantitative estimate of drug-likeness (QED) is 0.0941. The highest BCUT2D eigenvalue weighted by atomic mass is 32.2. The number of hydrogen-bond donors (Lipinski definition) is 0. The Bertz CT molecular complexity index is 3830. The van der Waals surface area contributed by atoms with Crippen LogP contribution < -0.4 is 20.6 Å². The Hall–Kier alpha value is -6.95. The molecule has 9 aromatic carbocycles. The first kappa shape index (κ1) is 51.9. The Labute approximate surface area is 497 Å². The second-order valence-electron chi connectivity index (χ2n) is 23.4. The highest BCUT2D eigenvalue weighted by molar-refractivity contribution is 8.00. The lowest BCUT2D eigenvalue weighted by Gasteiger charge is -2.40. The standard InChI is InChI=1S/C78H69NS3/c1-4-7-10-13-28-49-43-58-73(70-52-31-16-22-37-64(52)80-65-38-23-17-32-53(65)70)60-45-50(29-14-11-8-5-2)47-62-75(72-56-35-20-26-41-68(56)82-69-42-27-21-36-57(69)72)63-48-51(30-15-12-9-6-3)46-61-74(59(44-49)76(58)79(77(60)62)78(61)63)71-54-33-18-24-39-66(54)81-67-40-25-19-34-55(67)71/h16-27,31-48H,4-15,28-30H2,1-3H3. The molecule has 6 aliphatic rings. The number of anilines is 3. The highest BCUT2D eigenvalue weighted by Gasteiger charge is 2.37. The molecule has 0 amide bonds. The topological polar surface area (TPSA) is 3.24 Å². The van der Waals surface area contributed by atoms with Crippen LogP contribution in [-0.4, -0.2) is 0 Å². The predicted octanol–water partition coefficient (Wildman–Crippen LogP) is 20.6. The van der Waals surface area contributed by atoms with Crippen LogP contribution in [0.2, 0.25) is 0 Å². The van der Waals surface area contributed by atoms with Gasteiger partial charge in [0.2, 0.25) is 0 Å². The summed E-state index contributed by atoms with van der Waals surface area (Å²) in [5.41, 5.74) is 20.4. The molecule has 404 valence electrons. The van der Waals surface area contributed by atoms with Crippen molar-refractivity contribution >= 4 is 101 Å². The minimum absolute atomic E-state index is 1.04. The summed E-state index contributed by atoms with van der Waals surface area (Å²) in [6, 6.07) is 72.0. The molecule has 0 fully saturated rings. The number of fused-ring (bicyclic) bond motifs is 6. The van der Waals surface area contributed by atoms with Crippen molar-refractivity contribution < 1.29 is 0 Å². The Kier molecular flexibility index (Phi) is 13.9. The van der Waals surface area contributed by atoms with E-state index in [0.717, 1.165) is 19.3 Å². The summed E-state index contributed by atoms with van der Waals surface area (Å²) in [4.78, 5) is 10.8.